The maximum Gasteiger partial charge on any atom is 0.273 e. The van der Waals surface area contributed by atoms with Crippen LogP contribution in [0.15, 0.2) is 54.6 Å². The fourth-order valence-corrected chi connectivity index (χ4v) is 5.46. The van der Waals surface area contributed by atoms with E-state index in [1.807, 2.05) is 42.2 Å². The van der Waals surface area contributed by atoms with Gasteiger partial charge in [0.25, 0.3) is 11.8 Å². The number of carbonyl (C=O) groups is 2. The monoisotopic (exact) mass is 460 g/mol. The molecule has 2 amide bonds. The first-order chi connectivity index (χ1) is 16.4. The minimum atomic E-state index is -0.516. The van der Waals surface area contributed by atoms with Crippen LogP contribution in [0, 0.1) is 18.7 Å². The number of rotatable bonds is 4. The van der Waals surface area contributed by atoms with Gasteiger partial charge in [0, 0.05) is 18.7 Å². The van der Waals surface area contributed by atoms with Crippen LogP contribution in [-0.4, -0.2) is 50.5 Å². The smallest absolute Gasteiger partial charge is 0.273 e. The molecule has 0 bridgehead atoms. The molecule has 1 saturated heterocycles. The Kier molecular flexibility index (Phi) is 5.71. The summed E-state index contributed by atoms with van der Waals surface area (Å²) in [5.41, 5.74) is 3.37. The second-order valence-electron chi connectivity index (χ2n) is 9.52. The fraction of sp³-hybridized carbons (Fsp3) is 0.370. The summed E-state index contributed by atoms with van der Waals surface area (Å²) in [5.74, 6) is -0.712. The molecule has 2 aromatic carbocycles. The molecule has 0 saturated carbocycles. The lowest BCUT2D eigenvalue weighted by Crippen LogP contribution is -2.51. The van der Waals surface area contributed by atoms with Gasteiger partial charge >= 0.3 is 0 Å². The third-order valence-electron chi connectivity index (χ3n) is 6.95. The zero-order valence-electron chi connectivity index (χ0n) is 19.7. The summed E-state index contributed by atoms with van der Waals surface area (Å²) >= 11 is 0. The van der Waals surface area contributed by atoms with Gasteiger partial charge in [-0.3, -0.25) is 9.59 Å². The summed E-state index contributed by atoms with van der Waals surface area (Å²) in [6, 6.07) is 15.5. The second-order valence-corrected chi connectivity index (χ2v) is 9.52. The Morgan fingerprint density at radius 1 is 1.09 bits per heavy atom. The van der Waals surface area contributed by atoms with Crippen molar-refractivity contribution in [2.45, 2.75) is 45.7 Å². The number of likely N-dealkylation sites (tertiary alicyclic amines) is 1. The average molecular weight is 461 g/mol. The van der Waals surface area contributed by atoms with Crippen LogP contribution in [0.4, 0.5) is 4.39 Å². The van der Waals surface area contributed by atoms with Gasteiger partial charge in [0.15, 0.2) is 0 Å². The molecule has 2 aliphatic rings. The first-order valence-electron chi connectivity index (χ1n) is 11.9. The number of fused-ring (bicyclic) bond motifs is 1. The molecule has 0 N–H and O–H groups in total. The van der Waals surface area contributed by atoms with E-state index in [4.69, 9.17) is 5.10 Å². The molecule has 1 aromatic heterocycles. The van der Waals surface area contributed by atoms with Gasteiger partial charge in [0.2, 0.25) is 0 Å². The van der Waals surface area contributed by atoms with Gasteiger partial charge in [-0.15, -0.1) is 0 Å². The van der Waals surface area contributed by atoms with Crippen molar-refractivity contribution in [3.63, 3.8) is 0 Å². The van der Waals surface area contributed by atoms with Crippen molar-refractivity contribution in [1.29, 1.82) is 0 Å². The molecular formula is C27H29FN4O2. The predicted molar refractivity (Wildman–Crippen MR) is 127 cm³/mol. The number of amides is 2. The van der Waals surface area contributed by atoms with E-state index in [0.29, 0.717) is 18.8 Å². The highest BCUT2D eigenvalue weighted by atomic mass is 19.1. The number of benzene rings is 2. The highest BCUT2D eigenvalue weighted by Gasteiger charge is 2.47. The summed E-state index contributed by atoms with van der Waals surface area (Å²) in [5, 5.41) is 4.72. The first kappa shape index (κ1) is 22.3. The Balaban J connectivity index is 1.49. The van der Waals surface area contributed by atoms with E-state index in [2.05, 4.69) is 13.8 Å². The molecule has 0 aliphatic carbocycles. The van der Waals surface area contributed by atoms with Gasteiger partial charge in [-0.25, -0.2) is 9.07 Å². The summed E-state index contributed by atoms with van der Waals surface area (Å²) in [7, 11) is 0. The van der Waals surface area contributed by atoms with Crippen LogP contribution >= 0.6 is 0 Å². The summed E-state index contributed by atoms with van der Waals surface area (Å²) in [6.07, 6.45) is 1.57. The molecule has 3 aromatic rings. The van der Waals surface area contributed by atoms with Crippen molar-refractivity contribution < 1.29 is 14.0 Å². The maximum atomic E-state index is 14.3. The molecule has 2 atom stereocenters. The Bertz CT molecular complexity index is 1240. The van der Waals surface area contributed by atoms with Crippen molar-refractivity contribution in [3.8, 4) is 5.69 Å². The number of halogens is 1. The van der Waals surface area contributed by atoms with Gasteiger partial charge < -0.3 is 9.80 Å². The second kappa shape index (κ2) is 8.70. The molecule has 3 heterocycles. The molecule has 0 radical (unpaired) electrons. The van der Waals surface area contributed by atoms with Crippen molar-refractivity contribution in [1.82, 2.24) is 19.6 Å². The van der Waals surface area contributed by atoms with Crippen LogP contribution in [0.3, 0.4) is 0 Å². The van der Waals surface area contributed by atoms with E-state index in [1.54, 1.807) is 21.7 Å². The van der Waals surface area contributed by atoms with E-state index in [0.717, 1.165) is 29.8 Å². The molecule has 0 spiro atoms. The number of hydrogen-bond donors (Lipinski definition) is 0. The third-order valence-corrected chi connectivity index (χ3v) is 6.95. The highest BCUT2D eigenvalue weighted by molar-refractivity contribution is 5.99. The number of aromatic nitrogens is 2. The number of carbonyl (C=O) groups excluding carboxylic acids is 2. The lowest BCUT2D eigenvalue weighted by atomic mass is 9.94. The zero-order valence-corrected chi connectivity index (χ0v) is 19.7. The van der Waals surface area contributed by atoms with E-state index in [1.165, 1.54) is 12.1 Å². The van der Waals surface area contributed by atoms with Gasteiger partial charge in [-0.1, -0.05) is 44.2 Å². The molecule has 5 rings (SSSR count). The van der Waals surface area contributed by atoms with Crippen molar-refractivity contribution in [3.05, 3.63) is 82.9 Å². The fourth-order valence-electron chi connectivity index (χ4n) is 5.46. The van der Waals surface area contributed by atoms with Crippen LogP contribution in [0.5, 0.6) is 0 Å². The Morgan fingerprint density at radius 3 is 2.50 bits per heavy atom. The molecule has 2 aliphatic heterocycles. The summed E-state index contributed by atoms with van der Waals surface area (Å²) in [6.45, 7) is 7.14. The molecule has 2 unspecified atom stereocenters. The zero-order chi connectivity index (χ0) is 24.0. The summed E-state index contributed by atoms with van der Waals surface area (Å²) < 4.78 is 16.0. The van der Waals surface area contributed by atoms with E-state index < -0.39 is 5.82 Å². The molecule has 6 nitrogen and oxygen atoms in total. The largest absolute Gasteiger partial charge is 0.336 e. The Hall–Kier alpha value is -3.48. The van der Waals surface area contributed by atoms with Crippen LogP contribution in [-0.2, 0) is 0 Å². The van der Waals surface area contributed by atoms with Gasteiger partial charge in [0.1, 0.15) is 11.5 Å². The number of hydrogen-bond acceptors (Lipinski definition) is 3. The van der Waals surface area contributed by atoms with Gasteiger partial charge in [0.05, 0.1) is 29.0 Å². The molecule has 7 heteroatoms. The molecule has 1 fully saturated rings. The van der Waals surface area contributed by atoms with Gasteiger partial charge in [-0.2, -0.15) is 5.10 Å². The lowest BCUT2D eigenvalue weighted by Gasteiger charge is -2.41. The normalized spacial score (nSPS) is 20.2. The molecule has 176 valence electrons. The topological polar surface area (TPSA) is 58.4 Å². The number of piperidine rings is 1. The standard InChI is InChI=1S/C27H29FN4O2/c1-17(2)24-23-18(3)29-32(19-10-5-4-6-11-19)25(23)27(34)31(24)20-12-9-15-30(16-20)26(33)21-13-7-8-14-22(21)28/h4-8,10-11,13-14,17,20,24H,9,12,15-16H2,1-3H3. The van der Waals surface area contributed by atoms with Crippen molar-refractivity contribution in [2.75, 3.05) is 13.1 Å². The minimum Gasteiger partial charge on any atom is -0.336 e. The van der Waals surface area contributed by atoms with Crippen LogP contribution in [0.1, 0.15) is 64.8 Å². The van der Waals surface area contributed by atoms with Gasteiger partial charge in [-0.05, 0) is 49.9 Å². The SMILES string of the molecule is Cc1nn(-c2ccccc2)c2c1C(C(C)C)N(C1CCCN(C(=O)c3ccccc3F)C1)C2=O. The van der Waals surface area contributed by atoms with Crippen molar-refractivity contribution >= 4 is 11.8 Å². The summed E-state index contributed by atoms with van der Waals surface area (Å²) in [4.78, 5) is 30.7. The predicted octanol–water partition coefficient (Wildman–Crippen LogP) is 4.78. The minimum absolute atomic E-state index is 0.0525. The van der Waals surface area contributed by atoms with Crippen LogP contribution in [0.25, 0.3) is 5.69 Å². The quantitative estimate of drug-likeness (QED) is 0.563. The lowest BCUT2D eigenvalue weighted by molar-refractivity contribution is 0.0342. The van der Waals surface area contributed by atoms with E-state index in [-0.39, 0.29) is 35.4 Å². The number of nitrogens with zero attached hydrogens (tertiary/aromatic N) is 4. The van der Waals surface area contributed by atoms with Crippen LogP contribution in [0.2, 0.25) is 0 Å². The molecular weight excluding hydrogens is 431 g/mol. The van der Waals surface area contributed by atoms with E-state index in [9.17, 15) is 14.0 Å². The number of para-hydroxylation sites is 1. The Labute approximate surface area is 199 Å². The first-order valence-corrected chi connectivity index (χ1v) is 11.9. The maximum absolute atomic E-state index is 14.3. The van der Waals surface area contributed by atoms with Crippen LogP contribution < -0.4 is 0 Å². The number of aryl methyl sites for hydroxylation is 1. The third kappa shape index (κ3) is 3.59. The molecule has 34 heavy (non-hydrogen) atoms. The average Bonchev–Trinajstić information content (AvgIpc) is 3.35. The van der Waals surface area contributed by atoms with Crippen molar-refractivity contribution in [2.24, 2.45) is 5.92 Å². The Morgan fingerprint density at radius 2 is 1.79 bits per heavy atom. The highest BCUT2D eigenvalue weighted by Crippen LogP contribution is 2.43. The van der Waals surface area contributed by atoms with E-state index >= 15 is 0 Å².